The smallest absolute Gasteiger partial charge is 0.317 e. The van der Waals surface area contributed by atoms with Crippen molar-refractivity contribution >= 4 is 22.8 Å². The Labute approximate surface area is 156 Å². The summed E-state index contributed by atoms with van der Waals surface area (Å²) in [5, 5.41) is 0. The molecule has 0 radical (unpaired) electrons. The van der Waals surface area contributed by atoms with Gasteiger partial charge in [-0.3, -0.25) is 14.4 Å². The molecular formula is C21H20N2O4. The zero-order valence-electron chi connectivity index (χ0n) is 15.1. The molecule has 1 heterocycles. The molecule has 27 heavy (non-hydrogen) atoms. The van der Waals surface area contributed by atoms with Gasteiger partial charge in [-0.15, -0.1) is 0 Å². The third kappa shape index (κ3) is 3.79. The second-order valence-electron chi connectivity index (χ2n) is 6.20. The molecule has 6 heteroatoms. The summed E-state index contributed by atoms with van der Waals surface area (Å²) in [6.45, 7) is 3.14. The number of hydrogen-bond donors (Lipinski definition) is 1. The van der Waals surface area contributed by atoms with Gasteiger partial charge in [-0.25, -0.2) is 4.98 Å². The molecule has 6 nitrogen and oxygen atoms in total. The molecule has 0 fully saturated rings. The van der Waals surface area contributed by atoms with Crippen LogP contribution >= 0.6 is 0 Å². The molecule has 2 unspecified atom stereocenters. The Balaban J connectivity index is 2.24. The van der Waals surface area contributed by atoms with Crippen LogP contribution in [0.2, 0.25) is 0 Å². The van der Waals surface area contributed by atoms with Crippen molar-refractivity contribution in [2.75, 3.05) is 6.61 Å². The maximum Gasteiger partial charge on any atom is 0.317 e. The Morgan fingerprint density at radius 1 is 1.07 bits per heavy atom. The number of ether oxygens (including phenoxy) is 1. The van der Waals surface area contributed by atoms with Crippen LogP contribution in [-0.4, -0.2) is 28.3 Å². The van der Waals surface area contributed by atoms with E-state index in [1.165, 1.54) is 6.92 Å². The van der Waals surface area contributed by atoms with Gasteiger partial charge in [0, 0.05) is 0 Å². The number of rotatable bonds is 6. The highest BCUT2D eigenvalue weighted by Crippen LogP contribution is 2.31. The summed E-state index contributed by atoms with van der Waals surface area (Å²) >= 11 is 0. The molecule has 2 atom stereocenters. The number of Topliss-reactive ketones (excluding diaryl/α,β-unsaturated/α-hetero) is 1. The van der Waals surface area contributed by atoms with E-state index in [9.17, 15) is 14.4 Å². The van der Waals surface area contributed by atoms with E-state index in [4.69, 9.17) is 4.74 Å². The lowest BCUT2D eigenvalue weighted by atomic mass is 9.81. The number of fused-ring (bicyclic) bond motifs is 1. The lowest BCUT2D eigenvalue weighted by molar-refractivity contribution is -0.151. The Hall–Kier alpha value is -3.28. The summed E-state index contributed by atoms with van der Waals surface area (Å²) < 4.78 is 5.12. The number of ketones is 1. The molecule has 1 aromatic heterocycles. The Morgan fingerprint density at radius 3 is 2.41 bits per heavy atom. The third-order valence-electron chi connectivity index (χ3n) is 4.39. The van der Waals surface area contributed by atoms with Crippen molar-refractivity contribution in [1.29, 1.82) is 0 Å². The minimum Gasteiger partial charge on any atom is -0.465 e. The van der Waals surface area contributed by atoms with Crippen molar-refractivity contribution in [3.8, 4) is 0 Å². The average Bonchev–Trinajstić information content (AvgIpc) is 2.66. The SMILES string of the molecule is CCOC(=O)C(C(C)=O)C(c1ccccc1)c1nc2ccccc2[nH]c1=O. The fourth-order valence-corrected chi connectivity index (χ4v) is 3.19. The number of para-hydroxylation sites is 2. The predicted octanol–water partition coefficient (Wildman–Crippen LogP) is 2.82. The van der Waals surface area contributed by atoms with Gasteiger partial charge in [-0.2, -0.15) is 0 Å². The molecule has 0 amide bonds. The second kappa shape index (κ2) is 7.95. The van der Waals surface area contributed by atoms with Gasteiger partial charge in [0.25, 0.3) is 5.56 Å². The van der Waals surface area contributed by atoms with Gasteiger partial charge in [0.2, 0.25) is 0 Å². The molecule has 0 bridgehead atoms. The Bertz CT molecular complexity index is 1030. The van der Waals surface area contributed by atoms with Gasteiger partial charge in [0.05, 0.1) is 23.6 Å². The summed E-state index contributed by atoms with van der Waals surface area (Å²) in [5.74, 6) is -3.02. The maximum absolute atomic E-state index is 12.8. The first-order valence-electron chi connectivity index (χ1n) is 8.74. The van der Waals surface area contributed by atoms with Crippen molar-refractivity contribution in [2.24, 2.45) is 5.92 Å². The molecular weight excluding hydrogens is 344 g/mol. The number of benzene rings is 2. The van der Waals surface area contributed by atoms with Crippen LogP contribution in [-0.2, 0) is 14.3 Å². The van der Waals surface area contributed by atoms with Gasteiger partial charge in [0.1, 0.15) is 17.4 Å². The molecule has 1 N–H and O–H groups in total. The van der Waals surface area contributed by atoms with E-state index in [-0.39, 0.29) is 18.1 Å². The summed E-state index contributed by atoms with van der Waals surface area (Å²) in [4.78, 5) is 45.0. The number of nitrogens with zero attached hydrogens (tertiary/aromatic N) is 1. The quantitative estimate of drug-likeness (QED) is 0.537. The van der Waals surface area contributed by atoms with Gasteiger partial charge in [-0.05, 0) is 31.5 Å². The van der Waals surface area contributed by atoms with Crippen LogP contribution in [0.4, 0.5) is 0 Å². The largest absolute Gasteiger partial charge is 0.465 e. The Kier molecular flexibility index (Phi) is 5.45. The summed E-state index contributed by atoms with van der Waals surface area (Å²) in [6.07, 6.45) is 0. The molecule has 0 aliphatic heterocycles. The molecule has 0 saturated heterocycles. The number of aromatic nitrogens is 2. The van der Waals surface area contributed by atoms with Crippen molar-refractivity contribution in [3.63, 3.8) is 0 Å². The van der Waals surface area contributed by atoms with Gasteiger partial charge >= 0.3 is 5.97 Å². The van der Waals surface area contributed by atoms with Crippen LogP contribution in [0.5, 0.6) is 0 Å². The average molecular weight is 364 g/mol. The fraction of sp³-hybridized carbons (Fsp3) is 0.238. The van der Waals surface area contributed by atoms with Crippen molar-refractivity contribution < 1.29 is 14.3 Å². The maximum atomic E-state index is 12.8. The lowest BCUT2D eigenvalue weighted by Gasteiger charge is -2.23. The molecule has 138 valence electrons. The van der Waals surface area contributed by atoms with Crippen molar-refractivity contribution in [1.82, 2.24) is 9.97 Å². The molecule has 0 aliphatic rings. The first kappa shape index (κ1) is 18.5. The summed E-state index contributed by atoms with van der Waals surface area (Å²) in [5.41, 5.74) is 1.51. The first-order chi connectivity index (χ1) is 13.0. The molecule has 0 spiro atoms. The minimum atomic E-state index is -1.15. The highest BCUT2D eigenvalue weighted by atomic mass is 16.5. The zero-order chi connectivity index (χ0) is 19.4. The topological polar surface area (TPSA) is 89.1 Å². The number of esters is 1. The van der Waals surface area contributed by atoms with Crippen LogP contribution in [0.3, 0.4) is 0 Å². The van der Waals surface area contributed by atoms with E-state index >= 15 is 0 Å². The highest BCUT2D eigenvalue weighted by Gasteiger charge is 2.38. The fourth-order valence-electron chi connectivity index (χ4n) is 3.19. The zero-order valence-corrected chi connectivity index (χ0v) is 15.1. The number of hydrogen-bond acceptors (Lipinski definition) is 5. The van der Waals surface area contributed by atoms with Gasteiger partial charge in [-0.1, -0.05) is 42.5 Å². The van der Waals surface area contributed by atoms with Crippen molar-refractivity contribution in [3.05, 3.63) is 76.2 Å². The lowest BCUT2D eigenvalue weighted by Crippen LogP contribution is -2.34. The third-order valence-corrected chi connectivity index (χ3v) is 4.39. The van der Waals surface area contributed by atoms with Crippen LogP contribution < -0.4 is 5.56 Å². The molecule has 2 aromatic carbocycles. The predicted molar refractivity (Wildman–Crippen MR) is 101 cm³/mol. The van der Waals surface area contributed by atoms with Crippen molar-refractivity contribution in [2.45, 2.75) is 19.8 Å². The number of aromatic amines is 1. The molecule has 0 aliphatic carbocycles. The van der Waals surface area contributed by atoms with Crippen LogP contribution in [0.1, 0.15) is 31.0 Å². The van der Waals surface area contributed by atoms with E-state index in [1.54, 1.807) is 49.4 Å². The first-order valence-corrected chi connectivity index (χ1v) is 8.74. The van der Waals surface area contributed by atoms with Crippen LogP contribution in [0.25, 0.3) is 11.0 Å². The molecule has 0 saturated carbocycles. The number of H-pyrrole nitrogens is 1. The van der Waals surface area contributed by atoms with Gasteiger partial charge in [0.15, 0.2) is 0 Å². The highest BCUT2D eigenvalue weighted by molar-refractivity contribution is 5.99. The van der Waals surface area contributed by atoms with Gasteiger partial charge < -0.3 is 9.72 Å². The Morgan fingerprint density at radius 2 is 1.74 bits per heavy atom. The van der Waals surface area contributed by atoms with E-state index in [0.29, 0.717) is 16.6 Å². The summed E-state index contributed by atoms with van der Waals surface area (Å²) in [7, 11) is 0. The number of nitrogens with one attached hydrogen (secondary N) is 1. The van der Waals surface area contributed by atoms with E-state index < -0.39 is 23.4 Å². The number of carbonyl (C=O) groups is 2. The summed E-state index contributed by atoms with van der Waals surface area (Å²) in [6, 6.07) is 16.1. The van der Waals surface area contributed by atoms with E-state index in [0.717, 1.165) is 0 Å². The van der Waals surface area contributed by atoms with Crippen LogP contribution in [0.15, 0.2) is 59.4 Å². The minimum absolute atomic E-state index is 0.119. The number of carbonyl (C=O) groups excluding carboxylic acids is 2. The standard InChI is InChI=1S/C21H20N2O4/c1-3-27-21(26)17(13(2)24)18(14-9-5-4-6-10-14)19-20(25)23-16-12-8-7-11-15(16)22-19/h4-12,17-18H,3H2,1-2H3,(H,23,25). The van der Waals surface area contributed by atoms with E-state index in [1.807, 2.05) is 12.1 Å². The molecule has 3 aromatic rings. The van der Waals surface area contributed by atoms with Crippen LogP contribution in [0, 0.1) is 5.92 Å². The molecule has 3 rings (SSSR count). The van der Waals surface area contributed by atoms with E-state index in [2.05, 4.69) is 9.97 Å². The normalized spacial score (nSPS) is 13.1. The second-order valence-corrected chi connectivity index (χ2v) is 6.20. The monoisotopic (exact) mass is 364 g/mol.